The summed E-state index contributed by atoms with van der Waals surface area (Å²) in [5.74, 6) is 0.909. The summed E-state index contributed by atoms with van der Waals surface area (Å²) in [5, 5.41) is 3.72. The van der Waals surface area contributed by atoms with E-state index in [4.69, 9.17) is 0 Å². The first kappa shape index (κ1) is 16.0. The highest BCUT2D eigenvalue weighted by molar-refractivity contribution is 7.89. The second-order valence-corrected chi connectivity index (χ2v) is 8.77. The predicted molar refractivity (Wildman–Crippen MR) is 89.4 cm³/mol. The van der Waals surface area contributed by atoms with Crippen molar-refractivity contribution in [1.82, 2.24) is 9.62 Å². The van der Waals surface area contributed by atoms with Gasteiger partial charge in [0.25, 0.3) is 0 Å². The smallest absolute Gasteiger partial charge is 0.213 e. The lowest BCUT2D eigenvalue weighted by molar-refractivity contribution is 0.218. The molecule has 1 aromatic carbocycles. The molecule has 0 amide bonds. The van der Waals surface area contributed by atoms with E-state index in [0.29, 0.717) is 31.1 Å². The lowest BCUT2D eigenvalue weighted by atomic mass is 9.75. The minimum atomic E-state index is -3.00. The molecular weight excluding hydrogens is 296 g/mol. The lowest BCUT2D eigenvalue weighted by Crippen LogP contribution is -2.51. The molecule has 1 saturated heterocycles. The fourth-order valence-electron chi connectivity index (χ4n) is 3.57. The zero-order valence-corrected chi connectivity index (χ0v) is 14.1. The van der Waals surface area contributed by atoms with Crippen LogP contribution in [0.4, 0.5) is 0 Å². The molecule has 0 aromatic heterocycles. The van der Waals surface area contributed by atoms with E-state index in [-0.39, 0.29) is 5.75 Å². The molecule has 1 aliphatic heterocycles. The summed E-state index contributed by atoms with van der Waals surface area (Å²) in [6.07, 6.45) is 4.28. The maximum atomic E-state index is 11.9. The summed E-state index contributed by atoms with van der Waals surface area (Å²) in [7, 11) is -3.00. The van der Waals surface area contributed by atoms with Gasteiger partial charge in [-0.2, -0.15) is 0 Å². The Balaban J connectivity index is 1.42. The Bertz CT molecular complexity index is 574. The maximum absolute atomic E-state index is 11.9. The van der Waals surface area contributed by atoms with Gasteiger partial charge in [-0.3, -0.25) is 0 Å². The first-order chi connectivity index (χ1) is 10.6. The van der Waals surface area contributed by atoms with Gasteiger partial charge in [0.15, 0.2) is 0 Å². The van der Waals surface area contributed by atoms with Gasteiger partial charge in [0.2, 0.25) is 10.0 Å². The number of hydrogen-bond acceptors (Lipinski definition) is 3. The van der Waals surface area contributed by atoms with Crippen LogP contribution < -0.4 is 5.32 Å². The van der Waals surface area contributed by atoms with Gasteiger partial charge in [-0.25, -0.2) is 12.7 Å². The van der Waals surface area contributed by atoms with Crippen LogP contribution >= 0.6 is 0 Å². The van der Waals surface area contributed by atoms with E-state index < -0.39 is 10.0 Å². The summed E-state index contributed by atoms with van der Waals surface area (Å²) in [4.78, 5) is 0. The van der Waals surface area contributed by atoms with Gasteiger partial charge in [-0.1, -0.05) is 30.3 Å². The molecule has 122 valence electrons. The van der Waals surface area contributed by atoms with Crippen LogP contribution in [-0.4, -0.2) is 43.6 Å². The van der Waals surface area contributed by atoms with Gasteiger partial charge in [-0.05, 0) is 44.1 Å². The van der Waals surface area contributed by atoms with Crippen molar-refractivity contribution in [3.05, 3.63) is 35.9 Å². The minimum Gasteiger partial charge on any atom is -0.311 e. The molecule has 3 rings (SSSR count). The van der Waals surface area contributed by atoms with E-state index in [1.54, 1.807) is 11.2 Å². The number of nitrogens with one attached hydrogen (secondary N) is 1. The monoisotopic (exact) mass is 322 g/mol. The molecule has 1 aliphatic carbocycles. The number of hydrogen-bond donors (Lipinski definition) is 1. The zero-order chi connectivity index (χ0) is 15.6. The number of nitrogens with zero attached hydrogens (tertiary/aromatic N) is 1. The minimum absolute atomic E-state index is 0.215. The van der Waals surface area contributed by atoms with Crippen molar-refractivity contribution in [1.29, 1.82) is 0 Å². The van der Waals surface area contributed by atoms with E-state index in [1.807, 2.05) is 0 Å². The molecule has 0 bridgehead atoms. The molecule has 1 heterocycles. The normalized spacial score (nSPS) is 27.5. The van der Waals surface area contributed by atoms with E-state index >= 15 is 0 Å². The van der Waals surface area contributed by atoms with Crippen LogP contribution in [0.2, 0.25) is 0 Å². The summed E-state index contributed by atoms with van der Waals surface area (Å²) in [6.45, 7) is 3.06. The van der Waals surface area contributed by atoms with E-state index in [1.165, 1.54) is 18.4 Å². The predicted octanol–water partition coefficient (Wildman–Crippen LogP) is 2.34. The second-order valence-electron chi connectivity index (χ2n) is 6.52. The van der Waals surface area contributed by atoms with Crippen LogP contribution in [0.5, 0.6) is 0 Å². The summed E-state index contributed by atoms with van der Waals surface area (Å²) in [5.41, 5.74) is 1.45. The van der Waals surface area contributed by atoms with Crippen molar-refractivity contribution in [2.75, 3.05) is 18.8 Å². The van der Waals surface area contributed by atoms with Crippen LogP contribution in [0.1, 0.15) is 44.1 Å². The van der Waals surface area contributed by atoms with Gasteiger partial charge in [0.05, 0.1) is 5.75 Å². The van der Waals surface area contributed by atoms with Crippen LogP contribution in [0.3, 0.4) is 0 Å². The van der Waals surface area contributed by atoms with Crippen LogP contribution in [-0.2, 0) is 10.0 Å². The Morgan fingerprint density at radius 3 is 2.32 bits per heavy atom. The highest BCUT2D eigenvalue weighted by atomic mass is 32.2. The average Bonchev–Trinajstić information content (AvgIpc) is 2.52. The van der Waals surface area contributed by atoms with Gasteiger partial charge in [0, 0.05) is 25.2 Å². The number of piperidine rings is 1. The highest BCUT2D eigenvalue weighted by Gasteiger charge is 2.33. The van der Waals surface area contributed by atoms with Crippen molar-refractivity contribution < 1.29 is 8.42 Å². The number of sulfonamides is 1. The van der Waals surface area contributed by atoms with Crippen LogP contribution in [0.15, 0.2) is 30.3 Å². The number of rotatable bonds is 5. The third-order valence-electron chi connectivity index (χ3n) is 5.09. The largest absolute Gasteiger partial charge is 0.311 e. The highest BCUT2D eigenvalue weighted by Crippen LogP contribution is 2.37. The fraction of sp³-hybridized carbons (Fsp3) is 0.647. The molecular formula is C17H26N2O2S. The van der Waals surface area contributed by atoms with E-state index in [0.717, 1.165) is 12.8 Å². The van der Waals surface area contributed by atoms with Crippen LogP contribution in [0.25, 0.3) is 0 Å². The molecule has 0 atom stereocenters. The average molecular weight is 322 g/mol. The number of benzene rings is 1. The molecule has 0 unspecified atom stereocenters. The Morgan fingerprint density at radius 2 is 1.73 bits per heavy atom. The molecule has 1 N–H and O–H groups in total. The lowest BCUT2D eigenvalue weighted by Gasteiger charge is -2.41. The van der Waals surface area contributed by atoms with Gasteiger partial charge in [0.1, 0.15) is 0 Å². The third-order valence-corrected chi connectivity index (χ3v) is 6.97. The SMILES string of the molecule is CCS(=O)(=O)N1CCC(NC2CC(c3ccccc3)C2)CC1. The molecule has 5 heteroatoms. The molecule has 0 spiro atoms. The summed E-state index contributed by atoms with van der Waals surface area (Å²) < 4.78 is 25.4. The van der Waals surface area contributed by atoms with Crippen molar-refractivity contribution in [3.8, 4) is 0 Å². The summed E-state index contributed by atoms with van der Waals surface area (Å²) in [6, 6.07) is 11.8. The zero-order valence-electron chi connectivity index (χ0n) is 13.2. The Kier molecular flexibility index (Phi) is 4.85. The van der Waals surface area contributed by atoms with Crippen molar-refractivity contribution >= 4 is 10.0 Å². The maximum Gasteiger partial charge on any atom is 0.213 e. The summed E-state index contributed by atoms with van der Waals surface area (Å²) >= 11 is 0. The second kappa shape index (κ2) is 6.69. The Morgan fingerprint density at radius 1 is 1.09 bits per heavy atom. The van der Waals surface area contributed by atoms with Gasteiger partial charge >= 0.3 is 0 Å². The molecule has 1 aromatic rings. The standard InChI is InChI=1S/C17H26N2O2S/c1-2-22(20,21)19-10-8-16(9-11-19)18-17-12-15(13-17)14-6-4-3-5-7-14/h3-7,15-18H,2,8-13H2,1H3. The van der Waals surface area contributed by atoms with E-state index in [9.17, 15) is 8.42 Å². The van der Waals surface area contributed by atoms with Crippen LogP contribution in [0, 0.1) is 0 Å². The van der Waals surface area contributed by atoms with Gasteiger partial charge < -0.3 is 5.32 Å². The third kappa shape index (κ3) is 3.53. The van der Waals surface area contributed by atoms with Crippen molar-refractivity contribution in [2.24, 2.45) is 0 Å². The molecule has 2 fully saturated rings. The Labute approximate surface area is 134 Å². The molecule has 22 heavy (non-hydrogen) atoms. The topological polar surface area (TPSA) is 49.4 Å². The molecule has 2 aliphatic rings. The molecule has 0 radical (unpaired) electrons. The molecule has 1 saturated carbocycles. The Hall–Kier alpha value is -0.910. The van der Waals surface area contributed by atoms with Crippen molar-refractivity contribution in [3.63, 3.8) is 0 Å². The van der Waals surface area contributed by atoms with E-state index in [2.05, 4.69) is 35.6 Å². The van der Waals surface area contributed by atoms with Gasteiger partial charge in [-0.15, -0.1) is 0 Å². The van der Waals surface area contributed by atoms with Crippen molar-refractivity contribution in [2.45, 2.75) is 50.6 Å². The first-order valence-corrected chi connectivity index (χ1v) is 9.98. The first-order valence-electron chi connectivity index (χ1n) is 8.37. The quantitative estimate of drug-likeness (QED) is 0.905. The fourth-order valence-corrected chi connectivity index (χ4v) is 4.70. The molecule has 4 nitrogen and oxygen atoms in total.